The van der Waals surface area contributed by atoms with Gasteiger partial charge in [-0.15, -0.1) is 0 Å². The first-order valence-corrected chi connectivity index (χ1v) is 12.2. The third kappa shape index (κ3) is 5.75. The minimum atomic E-state index is -1.83. The maximum absolute atomic E-state index is 12.0. The number of likely N-dealkylation sites (tertiary alicyclic amines) is 1. The molecule has 9 heteroatoms. The van der Waals surface area contributed by atoms with Crippen LogP contribution >= 0.6 is 34.8 Å². The van der Waals surface area contributed by atoms with Gasteiger partial charge in [-0.25, -0.2) is 4.98 Å². The lowest BCUT2D eigenvalue weighted by molar-refractivity contribution is 0.112. The maximum Gasteiger partial charge on any atom is 0.250 e. The molecule has 0 unspecified atom stereocenters. The van der Waals surface area contributed by atoms with Gasteiger partial charge in [-0.2, -0.15) is 9.97 Å². The van der Waals surface area contributed by atoms with E-state index in [-0.39, 0.29) is 11.9 Å². The normalized spacial score (nSPS) is 15.8. The van der Waals surface area contributed by atoms with E-state index in [4.69, 9.17) is 34.8 Å². The number of carbonyl (C=O) groups is 1. The molecule has 6 nitrogen and oxygen atoms in total. The summed E-state index contributed by atoms with van der Waals surface area (Å²) in [5.41, 5.74) is 1.05. The number of aldehydes is 1. The summed E-state index contributed by atoms with van der Waals surface area (Å²) in [7, 11) is 0. The van der Waals surface area contributed by atoms with Gasteiger partial charge in [0, 0.05) is 36.8 Å². The van der Waals surface area contributed by atoms with Gasteiger partial charge < -0.3 is 10.2 Å². The Kier molecular flexibility index (Phi) is 7.39. The predicted octanol–water partition coefficient (Wildman–Crippen LogP) is 5.86. The van der Waals surface area contributed by atoms with Crippen LogP contribution in [0.15, 0.2) is 36.4 Å². The molecule has 1 N–H and O–H groups in total. The van der Waals surface area contributed by atoms with Crippen molar-refractivity contribution < 1.29 is 4.79 Å². The predicted molar refractivity (Wildman–Crippen MR) is 135 cm³/mol. The summed E-state index contributed by atoms with van der Waals surface area (Å²) in [5, 5.41) is 5.16. The highest BCUT2D eigenvalue weighted by Gasteiger charge is 2.30. The fourth-order valence-electron chi connectivity index (χ4n) is 4.26. The van der Waals surface area contributed by atoms with Gasteiger partial charge in [0.15, 0.2) is 17.9 Å². The molecule has 3 aromatic rings. The summed E-state index contributed by atoms with van der Waals surface area (Å²) in [4.78, 5) is 27.9. The first-order valence-electron chi connectivity index (χ1n) is 11.0. The second kappa shape index (κ2) is 10.1. The quantitative estimate of drug-likeness (QED) is 0.333. The smallest absolute Gasteiger partial charge is 0.250 e. The molecule has 0 amide bonds. The van der Waals surface area contributed by atoms with Crippen molar-refractivity contribution in [3.05, 3.63) is 47.8 Å². The minimum Gasteiger partial charge on any atom is -0.351 e. The Morgan fingerprint density at radius 1 is 1.09 bits per heavy atom. The third-order valence-electron chi connectivity index (χ3n) is 5.76. The summed E-state index contributed by atoms with van der Waals surface area (Å²) in [6.45, 7) is 7.57. The molecular formula is C24H26Cl3N5O. The van der Waals surface area contributed by atoms with Crippen molar-refractivity contribution in [3.63, 3.8) is 0 Å². The Morgan fingerprint density at radius 2 is 1.82 bits per heavy atom. The van der Waals surface area contributed by atoms with Gasteiger partial charge >= 0.3 is 0 Å². The van der Waals surface area contributed by atoms with Crippen LogP contribution in [0, 0.1) is 5.92 Å². The number of carbonyl (C=O) groups excluding carboxylic acids is 1. The average molecular weight is 507 g/mol. The van der Waals surface area contributed by atoms with E-state index in [0.717, 1.165) is 49.5 Å². The molecule has 1 aliphatic rings. The topological polar surface area (TPSA) is 71.0 Å². The number of benzene rings is 2. The van der Waals surface area contributed by atoms with Gasteiger partial charge in [-0.1, -0.05) is 79.0 Å². The summed E-state index contributed by atoms with van der Waals surface area (Å²) >= 11 is 18.4. The highest BCUT2D eigenvalue weighted by Crippen LogP contribution is 2.37. The van der Waals surface area contributed by atoms with Crippen LogP contribution in [0.4, 0.5) is 5.95 Å². The lowest BCUT2D eigenvalue weighted by Crippen LogP contribution is -2.41. The van der Waals surface area contributed by atoms with E-state index in [1.165, 1.54) is 0 Å². The van der Waals surface area contributed by atoms with Crippen molar-refractivity contribution in [2.24, 2.45) is 5.92 Å². The Balaban J connectivity index is 1.67. The van der Waals surface area contributed by atoms with Crippen molar-refractivity contribution in [2.75, 3.05) is 25.0 Å². The summed E-state index contributed by atoms with van der Waals surface area (Å²) in [6, 6.07) is 11.6. The zero-order valence-electron chi connectivity index (χ0n) is 18.6. The molecule has 0 saturated carbocycles. The monoisotopic (exact) mass is 505 g/mol. The third-order valence-corrected chi connectivity index (χ3v) is 6.27. The average Bonchev–Trinajstić information content (AvgIpc) is 2.78. The van der Waals surface area contributed by atoms with Crippen LogP contribution in [0.3, 0.4) is 0 Å². The molecule has 2 aromatic carbocycles. The highest BCUT2D eigenvalue weighted by atomic mass is 35.6. The van der Waals surface area contributed by atoms with Crippen LogP contribution in [0.5, 0.6) is 0 Å². The number of hydrogen-bond donors (Lipinski definition) is 1. The second-order valence-electron chi connectivity index (χ2n) is 8.78. The summed E-state index contributed by atoms with van der Waals surface area (Å²) in [5.74, 6) is 1.29. The van der Waals surface area contributed by atoms with Crippen molar-refractivity contribution >= 4 is 57.8 Å². The number of rotatable bonds is 6. The van der Waals surface area contributed by atoms with Gasteiger partial charge in [0.05, 0.1) is 0 Å². The molecule has 1 aromatic heterocycles. The van der Waals surface area contributed by atoms with Crippen LogP contribution in [0.1, 0.15) is 42.9 Å². The molecule has 0 spiro atoms. The van der Waals surface area contributed by atoms with Crippen molar-refractivity contribution in [1.29, 1.82) is 0 Å². The van der Waals surface area contributed by atoms with E-state index in [0.29, 0.717) is 28.8 Å². The van der Waals surface area contributed by atoms with Gasteiger partial charge in [-0.05, 0) is 35.6 Å². The van der Waals surface area contributed by atoms with E-state index in [9.17, 15) is 4.79 Å². The Hall–Kier alpha value is -1.99. The largest absolute Gasteiger partial charge is 0.351 e. The van der Waals surface area contributed by atoms with Crippen LogP contribution in [-0.2, 0) is 3.79 Å². The zero-order chi connectivity index (χ0) is 23.6. The molecule has 1 fully saturated rings. The van der Waals surface area contributed by atoms with E-state index in [2.05, 4.69) is 39.0 Å². The molecule has 174 valence electrons. The number of nitrogens with one attached hydrogen (secondary N) is 1. The number of anilines is 1. The Bertz CT molecular complexity index is 1140. The number of aromatic nitrogens is 3. The number of fused-ring (bicyclic) bond motifs is 1. The Labute approximate surface area is 208 Å². The fraction of sp³-hybridized carbons (Fsp3) is 0.417. The SMILES string of the molecule is CC(C)CN1CCC(Nc2nc(-c3ccc4ccccc4c3C=O)nc(C(Cl)(Cl)Cl)n2)CC1. The van der Waals surface area contributed by atoms with E-state index in [1.807, 2.05) is 36.4 Å². The molecular weight excluding hydrogens is 481 g/mol. The van der Waals surface area contributed by atoms with Gasteiger partial charge in [0.1, 0.15) is 0 Å². The highest BCUT2D eigenvalue weighted by molar-refractivity contribution is 6.66. The fourth-order valence-corrected chi connectivity index (χ4v) is 4.52. The van der Waals surface area contributed by atoms with Crippen LogP contribution in [0.25, 0.3) is 22.2 Å². The van der Waals surface area contributed by atoms with E-state index in [1.54, 1.807) is 0 Å². The number of hydrogen-bond acceptors (Lipinski definition) is 6. The van der Waals surface area contributed by atoms with Crippen LogP contribution < -0.4 is 5.32 Å². The van der Waals surface area contributed by atoms with E-state index >= 15 is 0 Å². The molecule has 0 aliphatic carbocycles. The number of alkyl halides is 3. The second-order valence-corrected chi connectivity index (χ2v) is 11.1. The molecule has 0 atom stereocenters. The molecule has 1 saturated heterocycles. The first-order chi connectivity index (χ1) is 15.7. The first kappa shape index (κ1) is 24.1. The number of nitrogens with zero attached hydrogens (tertiary/aromatic N) is 4. The molecule has 2 heterocycles. The lowest BCUT2D eigenvalue weighted by atomic mass is 9.99. The van der Waals surface area contributed by atoms with Gasteiger partial charge in [-0.3, -0.25) is 4.79 Å². The minimum absolute atomic E-state index is 0.0160. The van der Waals surface area contributed by atoms with E-state index < -0.39 is 3.79 Å². The number of piperidine rings is 1. The zero-order valence-corrected chi connectivity index (χ0v) is 20.8. The number of halogens is 3. The molecule has 4 rings (SSSR count). The molecule has 0 bridgehead atoms. The standard InChI is InChI=1S/C24H26Cl3N5O/c1-15(2)13-32-11-9-17(10-12-32)28-23-30-21(29-22(31-23)24(25,26)27)19-8-7-16-5-3-4-6-18(16)20(19)14-33/h3-8,14-15,17H,9-13H2,1-2H3,(H,28,29,30,31). The van der Waals surface area contributed by atoms with Crippen LogP contribution in [-0.4, -0.2) is 51.8 Å². The van der Waals surface area contributed by atoms with Gasteiger partial charge in [0.25, 0.3) is 0 Å². The van der Waals surface area contributed by atoms with Crippen molar-refractivity contribution in [2.45, 2.75) is 36.5 Å². The van der Waals surface area contributed by atoms with Crippen molar-refractivity contribution in [1.82, 2.24) is 19.9 Å². The lowest BCUT2D eigenvalue weighted by Gasteiger charge is -2.33. The molecule has 33 heavy (non-hydrogen) atoms. The molecule has 0 radical (unpaired) electrons. The Morgan fingerprint density at radius 3 is 2.48 bits per heavy atom. The van der Waals surface area contributed by atoms with Gasteiger partial charge in [0.2, 0.25) is 9.74 Å². The summed E-state index contributed by atoms with van der Waals surface area (Å²) in [6.07, 6.45) is 2.74. The molecule has 1 aliphatic heterocycles. The van der Waals surface area contributed by atoms with Crippen LogP contribution in [0.2, 0.25) is 0 Å². The summed E-state index contributed by atoms with van der Waals surface area (Å²) < 4.78 is -1.83. The maximum atomic E-state index is 12.0. The van der Waals surface area contributed by atoms with Crippen molar-refractivity contribution in [3.8, 4) is 11.4 Å².